The van der Waals surface area contributed by atoms with Gasteiger partial charge in [0, 0.05) is 35.8 Å². The number of nitrogens with one attached hydrogen (secondary N) is 2. The third-order valence-electron chi connectivity index (χ3n) is 5.43. The van der Waals surface area contributed by atoms with Gasteiger partial charge in [0.25, 0.3) is 0 Å². The largest absolute Gasteiger partial charge is 0.508 e. The average molecular weight is 349 g/mol. The number of fused-ring (bicyclic) bond motifs is 1. The monoisotopic (exact) mass is 349 g/mol. The molecule has 0 aliphatic heterocycles. The summed E-state index contributed by atoms with van der Waals surface area (Å²) in [6.07, 6.45) is 8.65. The van der Waals surface area contributed by atoms with Gasteiger partial charge in [-0.05, 0) is 60.9 Å². The van der Waals surface area contributed by atoms with Gasteiger partial charge in [0.1, 0.15) is 11.6 Å². The molecule has 134 valence electrons. The molecular weight excluding hydrogens is 326 g/mol. The fourth-order valence-corrected chi connectivity index (χ4v) is 4.19. The highest BCUT2D eigenvalue weighted by atomic mass is 16.3. The van der Waals surface area contributed by atoms with Crippen LogP contribution >= 0.6 is 0 Å². The predicted octanol–water partition coefficient (Wildman–Crippen LogP) is 4.57. The molecule has 1 aliphatic carbocycles. The number of anilines is 1. The van der Waals surface area contributed by atoms with Crippen molar-refractivity contribution in [3.63, 3.8) is 0 Å². The Hall–Kier alpha value is -2.82. The van der Waals surface area contributed by atoms with Crippen LogP contribution in [0.5, 0.6) is 5.75 Å². The summed E-state index contributed by atoms with van der Waals surface area (Å²) in [5.41, 5.74) is 2.28. The van der Waals surface area contributed by atoms with E-state index in [4.69, 9.17) is 0 Å². The summed E-state index contributed by atoms with van der Waals surface area (Å²) >= 11 is 0. The molecule has 2 aromatic heterocycles. The van der Waals surface area contributed by atoms with Crippen LogP contribution in [0.4, 0.5) is 5.82 Å². The Labute approximate surface area is 152 Å². The number of amides is 1. The van der Waals surface area contributed by atoms with E-state index in [-0.39, 0.29) is 11.7 Å². The van der Waals surface area contributed by atoms with Crippen molar-refractivity contribution in [2.24, 2.45) is 5.92 Å². The molecule has 0 spiro atoms. The van der Waals surface area contributed by atoms with Crippen molar-refractivity contribution in [1.82, 2.24) is 9.97 Å². The summed E-state index contributed by atoms with van der Waals surface area (Å²) in [7, 11) is 0. The third kappa shape index (κ3) is 3.43. The Morgan fingerprint density at radius 1 is 1.27 bits per heavy atom. The van der Waals surface area contributed by atoms with E-state index in [0.29, 0.717) is 24.1 Å². The molecule has 3 aromatic rings. The van der Waals surface area contributed by atoms with Gasteiger partial charge in [-0.2, -0.15) is 0 Å². The number of aromatic amines is 1. The topological polar surface area (TPSA) is 78.0 Å². The van der Waals surface area contributed by atoms with Crippen molar-refractivity contribution in [3.05, 3.63) is 54.4 Å². The van der Waals surface area contributed by atoms with E-state index in [2.05, 4.69) is 21.5 Å². The zero-order valence-electron chi connectivity index (χ0n) is 14.6. The highest BCUT2D eigenvalue weighted by Gasteiger charge is 2.30. The van der Waals surface area contributed by atoms with Gasteiger partial charge in [-0.25, -0.2) is 4.98 Å². The van der Waals surface area contributed by atoms with Crippen LogP contribution in [-0.4, -0.2) is 21.0 Å². The Morgan fingerprint density at radius 2 is 2.19 bits per heavy atom. The SMILES string of the molecule is O=C(CCC1CCCC1c1c[nH]c2cc(O)ccc12)Nc1ccccn1. The molecule has 2 unspecified atom stereocenters. The van der Waals surface area contributed by atoms with Crippen LogP contribution in [0, 0.1) is 5.92 Å². The van der Waals surface area contributed by atoms with Gasteiger partial charge in [-0.3, -0.25) is 4.79 Å². The van der Waals surface area contributed by atoms with Crippen LogP contribution in [-0.2, 0) is 4.79 Å². The highest BCUT2D eigenvalue weighted by Crippen LogP contribution is 2.44. The zero-order chi connectivity index (χ0) is 17.9. The van der Waals surface area contributed by atoms with Gasteiger partial charge in [0.2, 0.25) is 5.91 Å². The first-order chi connectivity index (χ1) is 12.7. The Bertz CT molecular complexity index is 904. The number of carbonyl (C=O) groups is 1. The smallest absolute Gasteiger partial charge is 0.225 e. The molecule has 0 bridgehead atoms. The maximum absolute atomic E-state index is 12.2. The highest BCUT2D eigenvalue weighted by molar-refractivity contribution is 5.89. The molecule has 2 atom stereocenters. The second-order valence-electron chi connectivity index (χ2n) is 7.07. The zero-order valence-corrected chi connectivity index (χ0v) is 14.6. The summed E-state index contributed by atoms with van der Waals surface area (Å²) in [5, 5.41) is 13.7. The molecule has 0 saturated heterocycles. The van der Waals surface area contributed by atoms with Crippen LogP contribution in [0.3, 0.4) is 0 Å². The quantitative estimate of drug-likeness (QED) is 0.631. The fraction of sp³-hybridized carbons (Fsp3) is 0.333. The molecular formula is C21H23N3O2. The number of benzene rings is 1. The molecule has 1 aromatic carbocycles. The van der Waals surface area contributed by atoms with Crippen molar-refractivity contribution in [2.75, 3.05) is 5.32 Å². The van der Waals surface area contributed by atoms with E-state index in [1.165, 1.54) is 17.4 Å². The van der Waals surface area contributed by atoms with Gasteiger partial charge in [0.05, 0.1) is 0 Å². The van der Waals surface area contributed by atoms with E-state index in [1.807, 2.05) is 18.2 Å². The summed E-state index contributed by atoms with van der Waals surface area (Å²) in [6, 6.07) is 11.0. The van der Waals surface area contributed by atoms with E-state index in [0.717, 1.165) is 24.8 Å². The summed E-state index contributed by atoms with van der Waals surface area (Å²) in [5.74, 6) is 1.89. The standard InChI is InChI=1S/C21H23N3O2/c25-15-8-9-17-18(13-23-19(17)12-15)16-5-3-4-14(16)7-10-21(26)24-20-6-1-2-11-22-20/h1-2,6,8-9,11-14,16,23,25H,3-5,7,10H2,(H,22,24,26). The molecule has 2 heterocycles. The van der Waals surface area contributed by atoms with Gasteiger partial charge < -0.3 is 15.4 Å². The van der Waals surface area contributed by atoms with Gasteiger partial charge >= 0.3 is 0 Å². The fourth-order valence-electron chi connectivity index (χ4n) is 4.19. The number of pyridine rings is 1. The van der Waals surface area contributed by atoms with Gasteiger partial charge in [-0.15, -0.1) is 0 Å². The lowest BCUT2D eigenvalue weighted by Gasteiger charge is -2.19. The lowest BCUT2D eigenvalue weighted by atomic mass is 9.85. The summed E-state index contributed by atoms with van der Waals surface area (Å²) < 4.78 is 0. The van der Waals surface area contributed by atoms with Crippen molar-refractivity contribution < 1.29 is 9.90 Å². The number of aromatic nitrogens is 2. The molecule has 1 fully saturated rings. The molecule has 1 aliphatic rings. The Kier molecular flexibility index (Phi) is 4.61. The number of aromatic hydroxyl groups is 1. The molecule has 1 amide bonds. The van der Waals surface area contributed by atoms with Crippen molar-refractivity contribution in [2.45, 2.75) is 38.0 Å². The van der Waals surface area contributed by atoms with E-state index < -0.39 is 0 Å². The molecule has 1 saturated carbocycles. The minimum absolute atomic E-state index is 0.0261. The molecule has 3 N–H and O–H groups in total. The first-order valence-corrected chi connectivity index (χ1v) is 9.21. The van der Waals surface area contributed by atoms with Crippen molar-refractivity contribution in [1.29, 1.82) is 0 Å². The van der Waals surface area contributed by atoms with E-state index in [1.54, 1.807) is 24.4 Å². The number of phenols is 1. The molecule has 4 rings (SSSR count). The minimum Gasteiger partial charge on any atom is -0.508 e. The van der Waals surface area contributed by atoms with E-state index >= 15 is 0 Å². The van der Waals surface area contributed by atoms with Crippen LogP contribution < -0.4 is 5.32 Å². The third-order valence-corrected chi connectivity index (χ3v) is 5.43. The van der Waals surface area contributed by atoms with Gasteiger partial charge in [0.15, 0.2) is 0 Å². The molecule has 5 heteroatoms. The van der Waals surface area contributed by atoms with Crippen LogP contribution in [0.1, 0.15) is 43.6 Å². The maximum atomic E-state index is 12.2. The second kappa shape index (κ2) is 7.20. The first-order valence-electron chi connectivity index (χ1n) is 9.21. The number of H-pyrrole nitrogens is 1. The Balaban J connectivity index is 1.42. The summed E-state index contributed by atoms with van der Waals surface area (Å²) in [4.78, 5) is 19.6. The van der Waals surface area contributed by atoms with Crippen LogP contribution in [0.2, 0.25) is 0 Å². The summed E-state index contributed by atoms with van der Waals surface area (Å²) in [6.45, 7) is 0. The molecule has 26 heavy (non-hydrogen) atoms. The number of hydrogen-bond donors (Lipinski definition) is 3. The average Bonchev–Trinajstić information content (AvgIpc) is 3.26. The number of hydrogen-bond acceptors (Lipinski definition) is 3. The lowest BCUT2D eigenvalue weighted by Crippen LogP contribution is -2.15. The van der Waals surface area contributed by atoms with Crippen LogP contribution in [0.15, 0.2) is 48.8 Å². The van der Waals surface area contributed by atoms with Crippen molar-refractivity contribution >= 4 is 22.6 Å². The van der Waals surface area contributed by atoms with Crippen molar-refractivity contribution in [3.8, 4) is 5.75 Å². The molecule has 0 radical (unpaired) electrons. The van der Waals surface area contributed by atoms with Crippen LogP contribution in [0.25, 0.3) is 10.9 Å². The van der Waals surface area contributed by atoms with E-state index in [9.17, 15) is 9.90 Å². The number of rotatable bonds is 5. The first kappa shape index (κ1) is 16.6. The minimum atomic E-state index is 0.0261. The van der Waals surface area contributed by atoms with Gasteiger partial charge in [-0.1, -0.05) is 12.5 Å². The number of nitrogens with zero attached hydrogens (tertiary/aromatic N) is 1. The molecule has 5 nitrogen and oxygen atoms in total. The predicted molar refractivity (Wildman–Crippen MR) is 102 cm³/mol. The lowest BCUT2D eigenvalue weighted by molar-refractivity contribution is -0.116. The number of phenolic OH excluding ortho intramolecular Hbond substituents is 1. The normalized spacial score (nSPS) is 19.7. The second-order valence-corrected chi connectivity index (χ2v) is 7.07. The Morgan fingerprint density at radius 3 is 3.04 bits per heavy atom. The maximum Gasteiger partial charge on any atom is 0.225 e. The number of carbonyl (C=O) groups excluding carboxylic acids is 1.